The van der Waals surface area contributed by atoms with Gasteiger partial charge in [-0.1, -0.05) is 6.92 Å². The molecular formula is C20H31ClN2O4. The summed E-state index contributed by atoms with van der Waals surface area (Å²) in [5.74, 6) is 1.15. The summed E-state index contributed by atoms with van der Waals surface area (Å²) < 4.78 is 11.0. The van der Waals surface area contributed by atoms with E-state index in [4.69, 9.17) is 9.47 Å². The number of Topliss-reactive ketones (excluding diaryl/α,β-unsaturated/α-hetero) is 1. The number of halogens is 1. The molecule has 1 heterocycles. The second-order valence-corrected chi connectivity index (χ2v) is 7.21. The zero-order chi connectivity index (χ0) is 19.0. The molecule has 0 unspecified atom stereocenters. The fourth-order valence-corrected chi connectivity index (χ4v) is 3.03. The Morgan fingerprint density at radius 2 is 1.93 bits per heavy atom. The van der Waals surface area contributed by atoms with Crippen LogP contribution in [0.4, 0.5) is 0 Å². The molecule has 2 N–H and O–H groups in total. The highest BCUT2D eigenvalue weighted by atomic mass is 35.5. The molecular weight excluding hydrogens is 368 g/mol. The van der Waals surface area contributed by atoms with E-state index in [0.29, 0.717) is 36.5 Å². The number of rotatable bonds is 9. The molecule has 1 aliphatic heterocycles. The standard InChI is InChI=1S/C20H30N2O4.ClH/c1-15(23)16-6-7-17(18(13-16)25-3)26-12-4-5-19(24)22-14-20(2)8-10-21-11-9-20;/h6-7,13,21H,4-5,8-12,14H2,1-3H3,(H,22,24);1H. The molecule has 0 atom stereocenters. The van der Waals surface area contributed by atoms with Crippen molar-refractivity contribution in [2.24, 2.45) is 5.41 Å². The summed E-state index contributed by atoms with van der Waals surface area (Å²) in [6.45, 7) is 6.93. The quantitative estimate of drug-likeness (QED) is 0.494. The minimum atomic E-state index is -0.0195. The summed E-state index contributed by atoms with van der Waals surface area (Å²) in [6, 6.07) is 5.12. The molecule has 1 fully saturated rings. The Labute approximate surface area is 167 Å². The van der Waals surface area contributed by atoms with E-state index in [9.17, 15) is 9.59 Å². The van der Waals surface area contributed by atoms with E-state index < -0.39 is 0 Å². The third kappa shape index (κ3) is 7.39. The van der Waals surface area contributed by atoms with E-state index in [1.54, 1.807) is 25.3 Å². The number of carbonyl (C=O) groups is 2. The second-order valence-electron chi connectivity index (χ2n) is 7.21. The minimum Gasteiger partial charge on any atom is -0.493 e. The number of benzene rings is 1. The average molecular weight is 399 g/mol. The number of hydrogen-bond donors (Lipinski definition) is 2. The number of hydrogen-bond acceptors (Lipinski definition) is 5. The molecule has 1 amide bonds. The fraction of sp³-hybridized carbons (Fsp3) is 0.600. The number of ketones is 1. The van der Waals surface area contributed by atoms with Crippen LogP contribution in [0, 0.1) is 5.41 Å². The van der Waals surface area contributed by atoms with Gasteiger partial charge in [0.05, 0.1) is 13.7 Å². The van der Waals surface area contributed by atoms with E-state index in [2.05, 4.69) is 17.6 Å². The number of methoxy groups -OCH3 is 1. The fourth-order valence-electron chi connectivity index (χ4n) is 3.03. The molecule has 1 saturated heterocycles. The summed E-state index contributed by atoms with van der Waals surface area (Å²) in [6.07, 6.45) is 3.24. The average Bonchev–Trinajstić information content (AvgIpc) is 2.64. The summed E-state index contributed by atoms with van der Waals surface area (Å²) in [5, 5.41) is 6.40. The first-order valence-corrected chi connectivity index (χ1v) is 9.23. The zero-order valence-corrected chi connectivity index (χ0v) is 17.2. The first-order chi connectivity index (χ1) is 12.4. The first kappa shape index (κ1) is 23.2. The summed E-state index contributed by atoms with van der Waals surface area (Å²) in [7, 11) is 1.54. The van der Waals surface area contributed by atoms with E-state index >= 15 is 0 Å². The van der Waals surface area contributed by atoms with Gasteiger partial charge in [-0.05, 0) is 62.9 Å². The van der Waals surface area contributed by atoms with Crippen molar-refractivity contribution >= 4 is 24.1 Å². The minimum absolute atomic E-state index is 0. The van der Waals surface area contributed by atoms with Gasteiger partial charge in [-0.25, -0.2) is 0 Å². The maximum absolute atomic E-state index is 12.0. The van der Waals surface area contributed by atoms with Crippen LogP contribution in [0.5, 0.6) is 11.5 Å². The van der Waals surface area contributed by atoms with Crippen molar-refractivity contribution in [3.63, 3.8) is 0 Å². The molecule has 7 heteroatoms. The molecule has 0 aliphatic carbocycles. The monoisotopic (exact) mass is 398 g/mol. The smallest absolute Gasteiger partial charge is 0.220 e. The van der Waals surface area contributed by atoms with Crippen molar-refractivity contribution in [1.29, 1.82) is 0 Å². The number of ether oxygens (including phenoxy) is 2. The van der Waals surface area contributed by atoms with Gasteiger partial charge in [0.2, 0.25) is 5.91 Å². The third-order valence-corrected chi connectivity index (χ3v) is 4.90. The maximum atomic E-state index is 12.0. The van der Waals surface area contributed by atoms with Crippen LogP contribution >= 0.6 is 12.4 Å². The van der Waals surface area contributed by atoms with Gasteiger partial charge >= 0.3 is 0 Å². The van der Waals surface area contributed by atoms with E-state index in [0.717, 1.165) is 32.5 Å². The highest BCUT2D eigenvalue weighted by Crippen LogP contribution is 2.28. The molecule has 2 rings (SSSR count). The molecule has 0 spiro atoms. The van der Waals surface area contributed by atoms with Gasteiger partial charge in [-0.3, -0.25) is 9.59 Å². The van der Waals surface area contributed by atoms with Crippen LogP contribution in [0.15, 0.2) is 18.2 Å². The molecule has 1 aromatic carbocycles. The van der Waals surface area contributed by atoms with Crippen molar-refractivity contribution in [2.75, 3.05) is 33.4 Å². The van der Waals surface area contributed by atoms with Gasteiger partial charge in [-0.2, -0.15) is 0 Å². The van der Waals surface area contributed by atoms with Crippen LogP contribution in [-0.2, 0) is 4.79 Å². The molecule has 0 saturated carbocycles. The molecule has 0 bridgehead atoms. The van der Waals surface area contributed by atoms with E-state index in [-0.39, 0.29) is 29.5 Å². The lowest BCUT2D eigenvalue weighted by atomic mass is 9.81. The third-order valence-electron chi connectivity index (χ3n) is 4.90. The Hall–Kier alpha value is -1.79. The number of nitrogens with one attached hydrogen (secondary N) is 2. The largest absolute Gasteiger partial charge is 0.493 e. The molecule has 0 aromatic heterocycles. The van der Waals surface area contributed by atoms with Crippen LogP contribution in [0.1, 0.15) is 49.9 Å². The lowest BCUT2D eigenvalue weighted by Gasteiger charge is -2.34. The Balaban J connectivity index is 0.00000364. The maximum Gasteiger partial charge on any atom is 0.220 e. The lowest BCUT2D eigenvalue weighted by Crippen LogP contribution is -2.42. The second kappa shape index (κ2) is 11.1. The lowest BCUT2D eigenvalue weighted by molar-refractivity contribution is -0.121. The molecule has 6 nitrogen and oxygen atoms in total. The van der Waals surface area contributed by atoms with E-state index in [1.165, 1.54) is 6.92 Å². The molecule has 1 aromatic rings. The van der Waals surface area contributed by atoms with E-state index in [1.807, 2.05) is 0 Å². The predicted octanol–water partition coefficient (Wildman–Crippen LogP) is 2.98. The van der Waals surface area contributed by atoms with Crippen LogP contribution in [0.3, 0.4) is 0 Å². The Kier molecular flexibility index (Phi) is 9.60. The molecule has 27 heavy (non-hydrogen) atoms. The van der Waals surface area contributed by atoms with Gasteiger partial charge in [0.1, 0.15) is 0 Å². The van der Waals surface area contributed by atoms with Crippen LogP contribution in [0.2, 0.25) is 0 Å². The number of carbonyl (C=O) groups excluding carboxylic acids is 2. The van der Waals surface area contributed by atoms with Crippen LogP contribution < -0.4 is 20.1 Å². The molecule has 152 valence electrons. The number of amides is 1. The summed E-state index contributed by atoms with van der Waals surface area (Å²) in [4.78, 5) is 23.5. The molecule has 1 aliphatic rings. The first-order valence-electron chi connectivity index (χ1n) is 9.23. The Bertz CT molecular complexity index is 630. The van der Waals surface area contributed by atoms with Crippen molar-refractivity contribution in [2.45, 2.75) is 39.5 Å². The van der Waals surface area contributed by atoms with Crippen LogP contribution in [0.25, 0.3) is 0 Å². The number of piperidine rings is 1. The highest BCUT2D eigenvalue weighted by molar-refractivity contribution is 5.94. The van der Waals surface area contributed by atoms with Gasteiger partial charge in [-0.15, -0.1) is 12.4 Å². The summed E-state index contributed by atoms with van der Waals surface area (Å²) in [5.41, 5.74) is 0.781. The van der Waals surface area contributed by atoms with Crippen LogP contribution in [-0.4, -0.2) is 45.0 Å². The normalized spacial score (nSPS) is 15.4. The Morgan fingerprint density at radius 3 is 2.56 bits per heavy atom. The van der Waals surface area contributed by atoms with Crippen molar-refractivity contribution < 1.29 is 19.1 Å². The molecule has 0 radical (unpaired) electrons. The zero-order valence-electron chi connectivity index (χ0n) is 16.4. The van der Waals surface area contributed by atoms with Gasteiger partial charge in [0, 0.05) is 18.5 Å². The van der Waals surface area contributed by atoms with Gasteiger partial charge in [0.25, 0.3) is 0 Å². The summed E-state index contributed by atoms with van der Waals surface area (Å²) >= 11 is 0. The van der Waals surface area contributed by atoms with Crippen molar-refractivity contribution in [3.8, 4) is 11.5 Å². The topological polar surface area (TPSA) is 76.7 Å². The van der Waals surface area contributed by atoms with Gasteiger partial charge in [0.15, 0.2) is 17.3 Å². The Morgan fingerprint density at radius 1 is 1.22 bits per heavy atom. The van der Waals surface area contributed by atoms with Crippen molar-refractivity contribution in [1.82, 2.24) is 10.6 Å². The van der Waals surface area contributed by atoms with Crippen molar-refractivity contribution in [3.05, 3.63) is 23.8 Å². The highest BCUT2D eigenvalue weighted by Gasteiger charge is 2.26. The van der Waals surface area contributed by atoms with Gasteiger partial charge < -0.3 is 20.1 Å². The SMILES string of the molecule is COc1cc(C(C)=O)ccc1OCCCC(=O)NCC1(C)CCNCC1.Cl. The predicted molar refractivity (Wildman–Crippen MR) is 108 cm³/mol.